The van der Waals surface area contributed by atoms with Gasteiger partial charge in [-0.05, 0) is 12.1 Å². The molecule has 0 aliphatic heterocycles. The summed E-state index contributed by atoms with van der Waals surface area (Å²) in [5.74, 6) is 0.994. The van der Waals surface area contributed by atoms with Crippen molar-refractivity contribution in [2.24, 2.45) is 5.10 Å². The zero-order chi connectivity index (χ0) is 20.6. The number of nitro groups is 1. The topological polar surface area (TPSA) is 135 Å². The number of nitro benzene ring substituents is 1. The van der Waals surface area contributed by atoms with Crippen LogP contribution in [0.15, 0.2) is 58.8 Å². The Bertz CT molecular complexity index is 1050. The molecule has 1 heterocycles. The quantitative estimate of drug-likeness (QED) is 0.180. The minimum atomic E-state index is -0.475. The Labute approximate surface area is 169 Å². The van der Waals surface area contributed by atoms with E-state index in [9.17, 15) is 14.9 Å². The summed E-state index contributed by atoms with van der Waals surface area (Å²) in [6, 6.07) is 13.0. The number of aromatic amines is 1. The Morgan fingerprint density at radius 2 is 2.17 bits per heavy atom. The van der Waals surface area contributed by atoms with E-state index in [1.807, 2.05) is 0 Å². The number of benzene rings is 2. The van der Waals surface area contributed by atoms with Crippen LogP contribution in [0.1, 0.15) is 15.9 Å². The Morgan fingerprint density at radius 1 is 1.34 bits per heavy atom. The molecule has 0 atom stereocenters. The van der Waals surface area contributed by atoms with Gasteiger partial charge in [0.2, 0.25) is 11.1 Å². The van der Waals surface area contributed by atoms with Crippen molar-refractivity contribution in [2.45, 2.75) is 5.16 Å². The fraction of sp³-hybridized carbons (Fsp3) is 0.111. The second-order valence-electron chi connectivity index (χ2n) is 5.63. The van der Waals surface area contributed by atoms with Crippen molar-refractivity contribution < 1.29 is 14.5 Å². The lowest BCUT2D eigenvalue weighted by Crippen LogP contribution is -2.02. The number of hydrazone groups is 1. The van der Waals surface area contributed by atoms with E-state index in [0.717, 1.165) is 0 Å². The third-order valence-electron chi connectivity index (χ3n) is 3.65. The summed E-state index contributed by atoms with van der Waals surface area (Å²) < 4.78 is 5.12. The van der Waals surface area contributed by atoms with E-state index in [2.05, 4.69) is 25.7 Å². The van der Waals surface area contributed by atoms with E-state index < -0.39 is 4.92 Å². The first kappa shape index (κ1) is 20.0. The molecule has 0 saturated heterocycles. The fourth-order valence-corrected chi connectivity index (χ4v) is 2.95. The molecular weight excluding hydrogens is 396 g/mol. The number of carbonyl (C=O) groups is 1. The highest BCUT2D eigenvalue weighted by atomic mass is 32.2. The number of nitrogens with one attached hydrogen (secondary N) is 2. The Morgan fingerprint density at radius 3 is 2.97 bits per heavy atom. The SMILES string of the molecule is COc1cccc(C(=O)CSc2n[nH]c(N/N=C\c3cccc([N+](=O)[O-])c3)n2)c1. The van der Waals surface area contributed by atoms with Gasteiger partial charge in [-0.3, -0.25) is 14.9 Å². The minimum absolute atomic E-state index is 0.0204. The van der Waals surface area contributed by atoms with Crippen molar-refractivity contribution in [3.05, 3.63) is 69.8 Å². The first-order chi connectivity index (χ1) is 14.0. The molecule has 29 heavy (non-hydrogen) atoms. The first-order valence-electron chi connectivity index (χ1n) is 8.31. The molecule has 2 aromatic carbocycles. The van der Waals surface area contributed by atoms with Crippen molar-refractivity contribution >= 4 is 35.4 Å². The molecule has 0 fully saturated rings. The van der Waals surface area contributed by atoms with Crippen molar-refractivity contribution in [3.8, 4) is 5.75 Å². The Balaban J connectivity index is 1.53. The van der Waals surface area contributed by atoms with Crippen LogP contribution in [0.25, 0.3) is 0 Å². The van der Waals surface area contributed by atoms with Crippen LogP contribution in [-0.2, 0) is 0 Å². The molecule has 11 heteroatoms. The molecule has 0 aliphatic rings. The van der Waals surface area contributed by atoms with Crippen LogP contribution in [0.3, 0.4) is 0 Å². The number of hydrogen-bond acceptors (Lipinski definition) is 9. The van der Waals surface area contributed by atoms with Crippen LogP contribution in [-0.4, -0.2) is 45.0 Å². The smallest absolute Gasteiger partial charge is 0.270 e. The normalized spacial score (nSPS) is 10.8. The number of rotatable bonds is 9. The number of non-ortho nitro benzene ring substituents is 1. The van der Waals surface area contributed by atoms with Gasteiger partial charge in [-0.25, -0.2) is 10.5 Å². The van der Waals surface area contributed by atoms with Gasteiger partial charge < -0.3 is 4.74 Å². The lowest BCUT2D eigenvalue weighted by Gasteiger charge is -2.02. The summed E-state index contributed by atoms with van der Waals surface area (Å²) in [5, 5.41) is 21.8. The summed E-state index contributed by atoms with van der Waals surface area (Å²) in [7, 11) is 1.54. The maximum atomic E-state index is 12.3. The van der Waals surface area contributed by atoms with Gasteiger partial charge in [0, 0.05) is 23.3 Å². The molecule has 1 aromatic heterocycles. The Hall–Kier alpha value is -3.73. The highest BCUT2D eigenvalue weighted by Gasteiger charge is 2.10. The number of methoxy groups -OCH3 is 1. The molecule has 0 bridgehead atoms. The maximum Gasteiger partial charge on any atom is 0.270 e. The molecule has 0 spiro atoms. The zero-order valence-electron chi connectivity index (χ0n) is 15.2. The van der Waals surface area contributed by atoms with Gasteiger partial charge in [-0.15, -0.1) is 5.10 Å². The van der Waals surface area contributed by atoms with Crippen LogP contribution >= 0.6 is 11.8 Å². The van der Waals surface area contributed by atoms with Crippen LogP contribution in [0.4, 0.5) is 11.6 Å². The van der Waals surface area contributed by atoms with E-state index in [1.165, 1.54) is 30.1 Å². The first-order valence-corrected chi connectivity index (χ1v) is 9.29. The van der Waals surface area contributed by atoms with Gasteiger partial charge in [-0.2, -0.15) is 10.1 Å². The molecule has 148 valence electrons. The largest absolute Gasteiger partial charge is 0.497 e. The molecule has 0 aliphatic carbocycles. The third kappa shape index (κ3) is 5.62. The number of aromatic nitrogens is 3. The predicted octanol–water partition coefficient (Wildman–Crippen LogP) is 3.14. The van der Waals surface area contributed by atoms with Crippen LogP contribution in [0.5, 0.6) is 5.75 Å². The van der Waals surface area contributed by atoms with Gasteiger partial charge in [0.05, 0.1) is 24.0 Å². The van der Waals surface area contributed by atoms with Crippen molar-refractivity contribution in [3.63, 3.8) is 0 Å². The number of H-pyrrole nitrogens is 1. The summed E-state index contributed by atoms with van der Waals surface area (Å²) in [6.45, 7) is 0. The Kier molecular flexibility index (Phi) is 6.53. The molecule has 3 rings (SSSR count). The lowest BCUT2D eigenvalue weighted by atomic mass is 10.1. The van der Waals surface area contributed by atoms with E-state index in [0.29, 0.717) is 22.0 Å². The van der Waals surface area contributed by atoms with Crippen molar-refractivity contribution in [2.75, 3.05) is 18.3 Å². The predicted molar refractivity (Wildman–Crippen MR) is 109 cm³/mol. The number of anilines is 1. The fourth-order valence-electron chi connectivity index (χ4n) is 2.26. The van der Waals surface area contributed by atoms with Crippen molar-refractivity contribution in [1.29, 1.82) is 0 Å². The number of thioether (sulfide) groups is 1. The summed E-state index contributed by atoms with van der Waals surface area (Å²) >= 11 is 1.18. The second-order valence-corrected chi connectivity index (χ2v) is 6.57. The van der Waals surface area contributed by atoms with Gasteiger partial charge in [0.25, 0.3) is 5.69 Å². The minimum Gasteiger partial charge on any atom is -0.497 e. The van der Waals surface area contributed by atoms with Gasteiger partial charge in [-0.1, -0.05) is 36.0 Å². The number of hydrogen-bond donors (Lipinski definition) is 2. The standard InChI is InChI=1S/C18H16N6O4S/c1-28-15-7-3-5-13(9-15)16(25)11-29-18-20-17(22-23-18)21-19-10-12-4-2-6-14(8-12)24(26)27/h2-10H,11H2,1H3,(H2,20,21,22,23)/b19-10-. The number of carbonyl (C=O) groups excluding carboxylic acids is 1. The summed E-state index contributed by atoms with van der Waals surface area (Å²) in [5.41, 5.74) is 3.74. The molecular formula is C18H16N6O4S. The van der Waals surface area contributed by atoms with Gasteiger partial charge >= 0.3 is 0 Å². The van der Waals surface area contributed by atoms with Gasteiger partial charge in [0.1, 0.15) is 5.75 Å². The molecule has 3 aromatic rings. The average Bonchev–Trinajstić information content (AvgIpc) is 3.20. The average molecular weight is 412 g/mol. The van der Waals surface area contributed by atoms with Crippen LogP contribution in [0, 0.1) is 10.1 Å². The van der Waals surface area contributed by atoms with E-state index in [1.54, 1.807) is 43.5 Å². The van der Waals surface area contributed by atoms with E-state index in [-0.39, 0.29) is 23.2 Å². The molecule has 0 amide bonds. The number of nitrogens with zero attached hydrogens (tertiary/aromatic N) is 4. The molecule has 0 unspecified atom stereocenters. The van der Waals surface area contributed by atoms with Crippen molar-refractivity contribution in [1.82, 2.24) is 15.2 Å². The van der Waals surface area contributed by atoms with Crippen LogP contribution in [0.2, 0.25) is 0 Å². The van der Waals surface area contributed by atoms with Crippen LogP contribution < -0.4 is 10.2 Å². The number of ether oxygens (including phenoxy) is 1. The van der Waals surface area contributed by atoms with Gasteiger partial charge in [0.15, 0.2) is 5.78 Å². The maximum absolute atomic E-state index is 12.3. The summed E-state index contributed by atoms with van der Waals surface area (Å²) in [6.07, 6.45) is 1.43. The lowest BCUT2D eigenvalue weighted by molar-refractivity contribution is -0.384. The number of Topliss-reactive ketones (excluding diaryl/α,β-unsaturated/α-hetero) is 1. The molecule has 0 saturated carbocycles. The molecule has 2 N–H and O–H groups in total. The van der Waals surface area contributed by atoms with E-state index in [4.69, 9.17) is 4.74 Å². The molecule has 10 nitrogen and oxygen atoms in total. The number of ketones is 1. The highest BCUT2D eigenvalue weighted by molar-refractivity contribution is 7.99. The zero-order valence-corrected chi connectivity index (χ0v) is 16.0. The second kappa shape index (κ2) is 9.46. The highest BCUT2D eigenvalue weighted by Crippen LogP contribution is 2.18. The third-order valence-corrected chi connectivity index (χ3v) is 4.50. The van der Waals surface area contributed by atoms with E-state index >= 15 is 0 Å². The monoisotopic (exact) mass is 412 g/mol. The molecule has 0 radical (unpaired) electrons. The summed E-state index contributed by atoms with van der Waals surface area (Å²) in [4.78, 5) is 26.7.